The van der Waals surface area contributed by atoms with Crippen LogP contribution in [-0.4, -0.2) is 27.7 Å². The van der Waals surface area contributed by atoms with Gasteiger partial charge in [-0.05, 0) is 0 Å². The predicted molar refractivity (Wildman–Crippen MR) is 36.1 cm³/mol. The SMILES string of the molecule is [NH3+][C@@H](CO)Cc1cnc[nH]1. The number of H-pyrrole nitrogens is 1. The summed E-state index contributed by atoms with van der Waals surface area (Å²) in [6.07, 6.45) is 4.13. The lowest BCUT2D eigenvalue weighted by atomic mass is 10.2. The molecule has 0 fully saturated rings. The Hall–Kier alpha value is -0.870. The van der Waals surface area contributed by atoms with E-state index < -0.39 is 0 Å². The van der Waals surface area contributed by atoms with E-state index in [2.05, 4.69) is 15.7 Å². The van der Waals surface area contributed by atoms with E-state index in [1.807, 2.05) is 0 Å². The van der Waals surface area contributed by atoms with Crippen molar-refractivity contribution >= 4 is 0 Å². The smallest absolute Gasteiger partial charge is 0.113 e. The third-order valence-corrected chi connectivity index (χ3v) is 1.32. The van der Waals surface area contributed by atoms with Gasteiger partial charge in [-0.15, -0.1) is 0 Å². The number of aliphatic hydroxyl groups excluding tert-OH is 1. The second kappa shape index (κ2) is 3.34. The van der Waals surface area contributed by atoms with Crippen molar-refractivity contribution in [2.75, 3.05) is 6.61 Å². The van der Waals surface area contributed by atoms with Crippen molar-refractivity contribution in [2.24, 2.45) is 0 Å². The Morgan fingerprint density at radius 1 is 1.80 bits per heavy atom. The molecule has 1 heterocycles. The summed E-state index contributed by atoms with van der Waals surface area (Å²) in [6, 6.07) is 0.0699. The lowest BCUT2D eigenvalue weighted by Crippen LogP contribution is -2.63. The van der Waals surface area contributed by atoms with Crippen LogP contribution in [0.25, 0.3) is 0 Å². The lowest BCUT2D eigenvalue weighted by molar-refractivity contribution is -0.424. The van der Waals surface area contributed by atoms with Crippen LogP contribution in [0.2, 0.25) is 0 Å². The highest BCUT2D eigenvalue weighted by Crippen LogP contribution is 1.93. The van der Waals surface area contributed by atoms with E-state index in [1.54, 1.807) is 12.5 Å². The summed E-state index contributed by atoms with van der Waals surface area (Å²) in [5.74, 6) is 0. The zero-order valence-electron chi connectivity index (χ0n) is 5.75. The van der Waals surface area contributed by atoms with Crippen molar-refractivity contribution < 1.29 is 10.8 Å². The molecule has 0 saturated carbocycles. The van der Waals surface area contributed by atoms with Gasteiger partial charge in [0.2, 0.25) is 0 Å². The van der Waals surface area contributed by atoms with E-state index in [1.165, 1.54) is 0 Å². The standard InChI is InChI=1S/C6H11N3O/c7-5(3-10)1-6-2-8-4-9-6/h2,4-5,10H,1,3,7H2,(H,8,9)/p+1/t5-/m1/s1. The van der Waals surface area contributed by atoms with Gasteiger partial charge in [0.05, 0.1) is 12.9 Å². The minimum atomic E-state index is 0.0699. The van der Waals surface area contributed by atoms with Gasteiger partial charge in [-0.25, -0.2) is 4.98 Å². The number of hydrogen-bond acceptors (Lipinski definition) is 2. The second-order valence-corrected chi connectivity index (χ2v) is 2.33. The Morgan fingerprint density at radius 3 is 3.10 bits per heavy atom. The number of aliphatic hydroxyl groups is 1. The van der Waals surface area contributed by atoms with Crippen molar-refractivity contribution in [3.05, 3.63) is 18.2 Å². The Bertz CT molecular complexity index is 173. The summed E-state index contributed by atoms with van der Waals surface area (Å²) in [4.78, 5) is 6.78. The maximum atomic E-state index is 8.64. The first-order chi connectivity index (χ1) is 4.83. The molecule has 4 nitrogen and oxygen atoms in total. The van der Waals surface area contributed by atoms with Gasteiger partial charge in [0.25, 0.3) is 0 Å². The number of nitrogens with one attached hydrogen (secondary N) is 1. The minimum absolute atomic E-state index is 0.0699. The highest BCUT2D eigenvalue weighted by Gasteiger charge is 2.05. The number of imidazole rings is 1. The van der Waals surface area contributed by atoms with Crippen LogP contribution < -0.4 is 5.73 Å². The largest absolute Gasteiger partial charge is 0.390 e. The average molecular weight is 142 g/mol. The van der Waals surface area contributed by atoms with Crippen molar-refractivity contribution in [1.82, 2.24) is 9.97 Å². The van der Waals surface area contributed by atoms with E-state index in [0.29, 0.717) is 0 Å². The van der Waals surface area contributed by atoms with Crippen LogP contribution in [0.4, 0.5) is 0 Å². The van der Waals surface area contributed by atoms with E-state index in [0.717, 1.165) is 12.1 Å². The van der Waals surface area contributed by atoms with Crippen LogP contribution >= 0.6 is 0 Å². The Labute approximate surface area is 59.1 Å². The molecule has 0 radical (unpaired) electrons. The van der Waals surface area contributed by atoms with Crippen LogP contribution in [0.1, 0.15) is 5.69 Å². The molecule has 0 aliphatic rings. The van der Waals surface area contributed by atoms with Crippen LogP contribution in [0.15, 0.2) is 12.5 Å². The van der Waals surface area contributed by atoms with Gasteiger partial charge in [0, 0.05) is 18.3 Å². The molecule has 0 bridgehead atoms. The molecule has 56 valence electrons. The number of aromatic amines is 1. The van der Waals surface area contributed by atoms with Crippen molar-refractivity contribution in [1.29, 1.82) is 0 Å². The summed E-state index contributed by atoms with van der Waals surface area (Å²) < 4.78 is 0. The number of quaternary nitrogens is 1. The molecule has 0 saturated heterocycles. The molecule has 1 rings (SSSR count). The second-order valence-electron chi connectivity index (χ2n) is 2.33. The highest BCUT2D eigenvalue weighted by molar-refractivity contribution is 4.95. The van der Waals surface area contributed by atoms with Crippen molar-refractivity contribution in [2.45, 2.75) is 12.5 Å². The number of hydrogen-bond donors (Lipinski definition) is 3. The monoisotopic (exact) mass is 142 g/mol. The molecular weight excluding hydrogens is 130 g/mol. The lowest BCUT2D eigenvalue weighted by Gasteiger charge is -2.00. The topological polar surface area (TPSA) is 76.6 Å². The fourth-order valence-corrected chi connectivity index (χ4v) is 0.772. The van der Waals surface area contributed by atoms with E-state index >= 15 is 0 Å². The van der Waals surface area contributed by atoms with Gasteiger partial charge in [-0.2, -0.15) is 0 Å². The van der Waals surface area contributed by atoms with Crippen LogP contribution in [0.3, 0.4) is 0 Å². The van der Waals surface area contributed by atoms with Crippen molar-refractivity contribution in [3.8, 4) is 0 Å². The molecule has 10 heavy (non-hydrogen) atoms. The molecule has 4 heteroatoms. The van der Waals surface area contributed by atoms with Crippen LogP contribution in [0.5, 0.6) is 0 Å². The number of rotatable bonds is 3. The van der Waals surface area contributed by atoms with Gasteiger partial charge in [0.1, 0.15) is 6.04 Å². The van der Waals surface area contributed by atoms with Gasteiger partial charge in [0.15, 0.2) is 0 Å². The molecule has 1 aromatic rings. The fourth-order valence-electron chi connectivity index (χ4n) is 0.772. The molecule has 0 aliphatic carbocycles. The summed E-state index contributed by atoms with van der Waals surface area (Å²) in [5.41, 5.74) is 4.76. The van der Waals surface area contributed by atoms with Crippen LogP contribution in [-0.2, 0) is 6.42 Å². The summed E-state index contributed by atoms with van der Waals surface area (Å²) in [7, 11) is 0. The van der Waals surface area contributed by atoms with Gasteiger partial charge < -0.3 is 15.8 Å². The first-order valence-corrected chi connectivity index (χ1v) is 3.24. The van der Waals surface area contributed by atoms with Gasteiger partial charge >= 0.3 is 0 Å². The first-order valence-electron chi connectivity index (χ1n) is 3.24. The maximum Gasteiger partial charge on any atom is 0.113 e. The van der Waals surface area contributed by atoms with Gasteiger partial charge in [-0.3, -0.25) is 0 Å². The Morgan fingerprint density at radius 2 is 2.60 bits per heavy atom. The van der Waals surface area contributed by atoms with Gasteiger partial charge in [-0.1, -0.05) is 0 Å². The number of aromatic nitrogens is 2. The maximum absolute atomic E-state index is 8.64. The molecular formula is C6H12N3O+. The molecule has 0 spiro atoms. The van der Waals surface area contributed by atoms with Crippen molar-refractivity contribution in [3.63, 3.8) is 0 Å². The highest BCUT2D eigenvalue weighted by atomic mass is 16.3. The van der Waals surface area contributed by atoms with E-state index in [9.17, 15) is 0 Å². The normalized spacial score (nSPS) is 13.4. The fraction of sp³-hybridized carbons (Fsp3) is 0.500. The molecule has 0 unspecified atom stereocenters. The van der Waals surface area contributed by atoms with Crippen LogP contribution in [0, 0.1) is 0 Å². The van der Waals surface area contributed by atoms with E-state index in [4.69, 9.17) is 5.11 Å². The Balaban J connectivity index is 2.40. The first kappa shape index (κ1) is 7.24. The third-order valence-electron chi connectivity index (χ3n) is 1.32. The zero-order valence-corrected chi connectivity index (χ0v) is 5.75. The predicted octanol–water partition coefficient (Wildman–Crippen LogP) is -1.45. The molecule has 0 aliphatic heterocycles. The third kappa shape index (κ3) is 1.82. The van der Waals surface area contributed by atoms with E-state index in [-0.39, 0.29) is 12.6 Å². The molecule has 1 atom stereocenters. The minimum Gasteiger partial charge on any atom is -0.390 e. The summed E-state index contributed by atoms with van der Waals surface area (Å²) in [6.45, 7) is 0.124. The molecule has 0 amide bonds. The zero-order chi connectivity index (χ0) is 7.40. The molecule has 0 aromatic carbocycles. The quantitative estimate of drug-likeness (QED) is 0.483. The average Bonchev–Trinajstić information content (AvgIpc) is 2.40. The number of nitrogens with zero attached hydrogens (tertiary/aromatic N) is 1. The summed E-state index contributed by atoms with van der Waals surface area (Å²) in [5, 5.41) is 8.64. The molecule has 5 N–H and O–H groups in total. The Kier molecular flexibility index (Phi) is 2.42. The molecule has 1 aromatic heterocycles. The summed E-state index contributed by atoms with van der Waals surface area (Å²) >= 11 is 0.